The second kappa shape index (κ2) is 7.22. The summed E-state index contributed by atoms with van der Waals surface area (Å²) in [6.45, 7) is 6.93. The van der Waals surface area contributed by atoms with Gasteiger partial charge in [0.15, 0.2) is 0 Å². The predicted octanol–water partition coefficient (Wildman–Crippen LogP) is 3.73. The van der Waals surface area contributed by atoms with Crippen LogP contribution in [0, 0.1) is 0 Å². The topological polar surface area (TPSA) is 29.3 Å². The molecular formula is C13H20Cl2N2. The molecule has 0 heterocycles. The van der Waals surface area contributed by atoms with Crippen LogP contribution in [0.1, 0.15) is 31.9 Å². The molecule has 0 saturated carbocycles. The molecule has 0 aromatic heterocycles. The maximum atomic E-state index is 6.05. The smallest absolute Gasteiger partial charge is 0.0595 e. The van der Waals surface area contributed by atoms with Gasteiger partial charge in [0.1, 0.15) is 0 Å². The van der Waals surface area contributed by atoms with E-state index >= 15 is 0 Å². The van der Waals surface area contributed by atoms with E-state index < -0.39 is 0 Å². The number of hydrogen-bond acceptors (Lipinski definition) is 2. The van der Waals surface area contributed by atoms with Gasteiger partial charge in [-0.2, -0.15) is 0 Å². The first-order valence-corrected chi connectivity index (χ1v) is 6.78. The molecule has 0 aliphatic carbocycles. The van der Waals surface area contributed by atoms with E-state index in [-0.39, 0.29) is 6.04 Å². The summed E-state index contributed by atoms with van der Waals surface area (Å²) in [5.41, 5.74) is 7.02. The van der Waals surface area contributed by atoms with Crippen LogP contribution in [-0.2, 0) is 0 Å². The first-order chi connectivity index (χ1) is 8.13. The van der Waals surface area contributed by atoms with Gasteiger partial charge in [0.25, 0.3) is 0 Å². The van der Waals surface area contributed by atoms with Crippen molar-refractivity contribution in [3.05, 3.63) is 33.8 Å². The van der Waals surface area contributed by atoms with Crippen molar-refractivity contribution in [3.63, 3.8) is 0 Å². The predicted molar refractivity (Wildman–Crippen MR) is 75.8 cm³/mol. The highest BCUT2D eigenvalue weighted by Gasteiger charge is 2.17. The van der Waals surface area contributed by atoms with Crippen LogP contribution in [0.3, 0.4) is 0 Å². The molecule has 0 aliphatic heterocycles. The minimum absolute atomic E-state index is 0.217. The van der Waals surface area contributed by atoms with E-state index in [0.717, 1.165) is 25.1 Å². The Balaban J connectivity index is 2.95. The van der Waals surface area contributed by atoms with Gasteiger partial charge < -0.3 is 5.73 Å². The molecule has 1 rings (SSSR count). The molecule has 1 atom stereocenters. The van der Waals surface area contributed by atoms with E-state index in [1.54, 1.807) is 0 Å². The molecule has 2 N–H and O–H groups in total. The van der Waals surface area contributed by atoms with E-state index in [1.165, 1.54) is 0 Å². The molecule has 96 valence electrons. The Morgan fingerprint density at radius 2 is 1.94 bits per heavy atom. The van der Waals surface area contributed by atoms with Gasteiger partial charge in [0.05, 0.1) is 10.0 Å². The Morgan fingerprint density at radius 1 is 1.24 bits per heavy atom. The highest BCUT2D eigenvalue weighted by Crippen LogP contribution is 2.27. The molecule has 2 nitrogen and oxygen atoms in total. The highest BCUT2D eigenvalue weighted by atomic mass is 35.5. The average Bonchev–Trinajstić information content (AvgIpc) is 2.33. The first-order valence-electron chi connectivity index (χ1n) is 6.03. The molecule has 4 heteroatoms. The Morgan fingerprint density at radius 3 is 2.41 bits per heavy atom. The summed E-state index contributed by atoms with van der Waals surface area (Å²) < 4.78 is 0. The lowest BCUT2D eigenvalue weighted by molar-refractivity contribution is 0.213. The molecule has 0 fully saturated rings. The normalized spacial score (nSPS) is 13.1. The lowest BCUT2D eigenvalue weighted by Gasteiger charge is -2.30. The van der Waals surface area contributed by atoms with Gasteiger partial charge in [-0.05, 0) is 37.2 Å². The largest absolute Gasteiger partial charge is 0.329 e. The summed E-state index contributed by atoms with van der Waals surface area (Å²) in [4.78, 5) is 2.36. The van der Waals surface area contributed by atoms with Crippen LogP contribution in [0.4, 0.5) is 0 Å². The van der Waals surface area contributed by atoms with Crippen molar-refractivity contribution in [2.24, 2.45) is 5.73 Å². The van der Waals surface area contributed by atoms with Crippen LogP contribution >= 0.6 is 23.2 Å². The molecule has 1 unspecified atom stereocenters. The van der Waals surface area contributed by atoms with Gasteiger partial charge in [-0.1, -0.05) is 43.1 Å². The zero-order valence-corrected chi connectivity index (χ0v) is 11.9. The molecular weight excluding hydrogens is 255 g/mol. The second-order valence-electron chi connectivity index (χ2n) is 4.05. The summed E-state index contributed by atoms with van der Waals surface area (Å²) >= 11 is 12.0. The van der Waals surface area contributed by atoms with Gasteiger partial charge in [-0.3, -0.25) is 4.90 Å². The maximum Gasteiger partial charge on any atom is 0.0595 e. The summed E-state index contributed by atoms with van der Waals surface area (Å²) in [6, 6.07) is 5.97. The first kappa shape index (κ1) is 14.8. The summed E-state index contributed by atoms with van der Waals surface area (Å²) in [6.07, 6.45) is 1.12. The molecule has 17 heavy (non-hydrogen) atoms. The van der Waals surface area contributed by atoms with Crippen molar-refractivity contribution in [2.45, 2.75) is 26.3 Å². The lowest BCUT2D eigenvalue weighted by atomic mass is 10.1. The molecule has 0 saturated heterocycles. The molecule has 0 bridgehead atoms. The monoisotopic (exact) mass is 274 g/mol. The fourth-order valence-electron chi connectivity index (χ4n) is 2.04. The van der Waals surface area contributed by atoms with Crippen molar-refractivity contribution in [1.82, 2.24) is 4.90 Å². The van der Waals surface area contributed by atoms with E-state index in [1.807, 2.05) is 18.2 Å². The quantitative estimate of drug-likeness (QED) is 0.857. The molecule has 0 aliphatic rings. The number of benzene rings is 1. The van der Waals surface area contributed by atoms with Gasteiger partial charge in [0, 0.05) is 12.6 Å². The Labute approximate surface area is 114 Å². The fraction of sp³-hybridized carbons (Fsp3) is 0.538. The SMILES string of the molecule is CCCN(CC)C(CN)c1ccc(Cl)c(Cl)c1. The lowest BCUT2D eigenvalue weighted by Crippen LogP contribution is -2.34. The zero-order valence-electron chi connectivity index (χ0n) is 10.4. The molecule has 0 radical (unpaired) electrons. The van der Waals surface area contributed by atoms with Crippen molar-refractivity contribution in [1.29, 1.82) is 0 Å². The second-order valence-corrected chi connectivity index (χ2v) is 4.87. The number of nitrogens with zero attached hydrogens (tertiary/aromatic N) is 1. The van der Waals surface area contributed by atoms with Crippen LogP contribution in [0.25, 0.3) is 0 Å². The van der Waals surface area contributed by atoms with E-state index in [0.29, 0.717) is 16.6 Å². The van der Waals surface area contributed by atoms with Gasteiger partial charge >= 0.3 is 0 Å². The summed E-state index contributed by atoms with van der Waals surface area (Å²) in [5.74, 6) is 0. The van der Waals surface area contributed by atoms with Gasteiger partial charge in [-0.25, -0.2) is 0 Å². The third kappa shape index (κ3) is 3.85. The Kier molecular flexibility index (Phi) is 6.28. The molecule has 0 spiro atoms. The Bertz CT molecular complexity index is 355. The van der Waals surface area contributed by atoms with Crippen molar-refractivity contribution in [3.8, 4) is 0 Å². The third-order valence-electron chi connectivity index (χ3n) is 2.91. The number of halogens is 2. The third-order valence-corrected chi connectivity index (χ3v) is 3.65. The zero-order chi connectivity index (χ0) is 12.8. The highest BCUT2D eigenvalue weighted by molar-refractivity contribution is 6.42. The van der Waals surface area contributed by atoms with E-state index in [9.17, 15) is 0 Å². The minimum Gasteiger partial charge on any atom is -0.329 e. The number of likely N-dealkylation sites (N-methyl/N-ethyl adjacent to an activating group) is 1. The van der Waals surface area contributed by atoms with E-state index in [2.05, 4.69) is 18.7 Å². The van der Waals surface area contributed by atoms with Crippen LogP contribution in [0.2, 0.25) is 10.0 Å². The van der Waals surface area contributed by atoms with Crippen LogP contribution in [0.5, 0.6) is 0 Å². The van der Waals surface area contributed by atoms with Crippen molar-refractivity contribution in [2.75, 3.05) is 19.6 Å². The van der Waals surface area contributed by atoms with E-state index in [4.69, 9.17) is 28.9 Å². The maximum absolute atomic E-state index is 6.05. The summed E-state index contributed by atoms with van der Waals surface area (Å²) in [7, 11) is 0. The number of hydrogen-bond donors (Lipinski definition) is 1. The van der Waals surface area contributed by atoms with Crippen molar-refractivity contribution < 1.29 is 0 Å². The van der Waals surface area contributed by atoms with Crippen molar-refractivity contribution >= 4 is 23.2 Å². The Hall–Kier alpha value is -0.280. The van der Waals surface area contributed by atoms with Gasteiger partial charge in [-0.15, -0.1) is 0 Å². The minimum atomic E-state index is 0.217. The van der Waals surface area contributed by atoms with Crippen LogP contribution in [0.15, 0.2) is 18.2 Å². The molecule has 1 aromatic carbocycles. The summed E-state index contributed by atoms with van der Waals surface area (Å²) in [5, 5.41) is 1.18. The molecule has 0 amide bonds. The van der Waals surface area contributed by atoms with Crippen LogP contribution < -0.4 is 5.73 Å². The average molecular weight is 275 g/mol. The fourth-order valence-corrected chi connectivity index (χ4v) is 2.34. The van der Waals surface area contributed by atoms with Gasteiger partial charge in [0.2, 0.25) is 0 Å². The molecule has 1 aromatic rings. The number of nitrogens with two attached hydrogens (primary N) is 1. The number of rotatable bonds is 6. The van der Waals surface area contributed by atoms with Crippen LogP contribution in [-0.4, -0.2) is 24.5 Å². The standard InChI is InChI=1S/C13H20Cl2N2/c1-3-7-17(4-2)13(9-16)10-5-6-11(14)12(15)8-10/h5-6,8,13H,3-4,7,9,16H2,1-2H3.